The second-order valence-corrected chi connectivity index (χ2v) is 7.63. The molecule has 2 bridgehead atoms. The summed E-state index contributed by atoms with van der Waals surface area (Å²) in [5, 5.41) is 3.08. The molecule has 1 N–H and O–H groups in total. The zero-order valence-electron chi connectivity index (χ0n) is 13.8. The molecule has 1 amide bonds. The molecule has 3 atom stereocenters. The van der Waals surface area contributed by atoms with Crippen LogP contribution in [0.5, 0.6) is 0 Å². The van der Waals surface area contributed by atoms with Crippen LogP contribution < -0.4 is 10.2 Å². The first-order chi connectivity index (χ1) is 11.3. The van der Waals surface area contributed by atoms with Crippen LogP contribution in [0, 0.1) is 17.8 Å². The van der Waals surface area contributed by atoms with Crippen LogP contribution in [0.3, 0.4) is 0 Å². The lowest BCUT2D eigenvalue weighted by Gasteiger charge is -2.21. The molecule has 3 unspecified atom stereocenters. The van der Waals surface area contributed by atoms with Gasteiger partial charge in [0.05, 0.1) is 0 Å². The number of carbonyl (C=O) groups excluding carboxylic acids is 1. The minimum Gasteiger partial charge on any atom is -0.357 e. The molecule has 2 heterocycles. The topological polar surface area (TPSA) is 45.2 Å². The van der Waals surface area contributed by atoms with Gasteiger partial charge in [-0.25, -0.2) is 4.98 Å². The summed E-state index contributed by atoms with van der Waals surface area (Å²) in [6, 6.07) is 4.18. The van der Waals surface area contributed by atoms with Gasteiger partial charge in [0.2, 0.25) is 5.91 Å². The van der Waals surface area contributed by atoms with Crippen LogP contribution >= 0.6 is 0 Å². The van der Waals surface area contributed by atoms with Crippen molar-refractivity contribution < 1.29 is 4.79 Å². The molecule has 4 heteroatoms. The maximum atomic E-state index is 12.2. The summed E-state index contributed by atoms with van der Waals surface area (Å²) in [7, 11) is 0. The zero-order chi connectivity index (χ0) is 15.6. The van der Waals surface area contributed by atoms with E-state index >= 15 is 0 Å². The molecule has 0 aromatic carbocycles. The van der Waals surface area contributed by atoms with E-state index in [4.69, 9.17) is 0 Å². The van der Waals surface area contributed by atoms with E-state index in [-0.39, 0.29) is 5.91 Å². The van der Waals surface area contributed by atoms with Crippen LogP contribution in [0.15, 0.2) is 18.3 Å². The predicted molar refractivity (Wildman–Crippen MR) is 91.1 cm³/mol. The predicted octanol–water partition coefficient (Wildman–Crippen LogP) is 3.12. The molecule has 0 radical (unpaired) electrons. The maximum absolute atomic E-state index is 12.2. The highest BCUT2D eigenvalue weighted by atomic mass is 16.1. The fourth-order valence-corrected chi connectivity index (χ4v) is 4.79. The number of rotatable bonds is 5. The summed E-state index contributed by atoms with van der Waals surface area (Å²) >= 11 is 0. The van der Waals surface area contributed by atoms with Crippen LogP contribution in [0.2, 0.25) is 0 Å². The third kappa shape index (κ3) is 3.36. The molecule has 3 fully saturated rings. The van der Waals surface area contributed by atoms with Crippen LogP contribution in [0.25, 0.3) is 0 Å². The molecule has 4 rings (SSSR count). The molecule has 1 aromatic heterocycles. The Kier molecular flexibility index (Phi) is 4.23. The lowest BCUT2D eigenvalue weighted by molar-refractivity contribution is -0.122. The number of fused-ring (bicyclic) bond motifs is 2. The lowest BCUT2D eigenvalue weighted by Crippen LogP contribution is -2.27. The first kappa shape index (κ1) is 15.0. The highest BCUT2D eigenvalue weighted by molar-refractivity contribution is 5.76. The molecule has 0 spiro atoms. The summed E-state index contributed by atoms with van der Waals surface area (Å²) in [6.45, 7) is 2.84. The Balaban J connectivity index is 1.24. The summed E-state index contributed by atoms with van der Waals surface area (Å²) in [5.41, 5.74) is 1.09. The SMILES string of the molecule is O=C(CC1CC2CCC1C2)NCc1ccc(N2CCCC2)nc1. The Labute approximate surface area is 138 Å². The summed E-state index contributed by atoms with van der Waals surface area (Å²) in [4.78, 5) is 19.1. The fraction of sp³-hybridized carbons (Fsp3) is 0.684. The monoisotopic (exact) mass is 313 g/mol. The Morgan fingerprint density at radius 2 is 2.09 bits per heavy atom. The van der Waals surface area contributed by atoms with Gasteiger partial charge >= 0.3 is 0 Å². The van der Waals surface area contributed by atoms with Gasteiger partial charge in [-0.2, -0.15) is 0 Å². The van der Waals surface area contributed by atoms with Crippen molar-refractivity contribution in [2.24, 2.45) is 17.8 Å². The molecule has 1 saturated heterocycles. The Bertz CT molecular complexity index is 550. The number of pyridine rings is 1. The van der Waals surface area contributed by atoms with Crippen molar-refractivity contribution in [1.82, 2.24) is 10.3 Å². The molecule has 124 valence electrons. The minimum atomic E-state index is 0.214. The summed E-state index contributed by atoms with van der Waals surface area (Å²) < 4.78 is 0. The number of hydrogen-bond donors (Lipinski definition) is 1. The standard InChI is InChI=1S/C19H27N3O/c23-19(11-17-10-14-3-5-16(17)9-14)21-13-15-4-6-18(20-12-15)22-7-1-2-8-22/h4,6,12,14,16-17H,1-3,5,7-11,13H2,(H,21,23). The first-order valence-corrected chi connectivity index (χ1v) is 9.24. The third-order valence-electron chi connectivity index (χ3n) is 6.06. The Hall–Kier alpha value is -1.58. The van der Waals surface area contributed by atoms with Crippen molar-refractivity contribution in [3.63, 3.8) is 0 Å². The number of aromatic nitrogens is 1. The van der Waals surface area contributed by atoms with Gasteiger partial charge in [0.1, 0.15) is 5.82 Å². The van der Waals surface area contributed by atoms with Crippen molar-refractivity contribution in [1.29, 1.82) is 0 Å². The second-order valence-electron chi connectivity index (χ2n) is 7.63. The molecule has 2 saturated carbocycles. The minimum absolute atomic E-state index is 0.214. The maximum Gasteiger partial charge on any atom is 0.220 e. The zero-order valence-corrected chi connectivity index (χ0v) is 13.8. The van der Waals surface area contributed by atoms with Gasteiger partial charge in [-0.1, -0.05) is 12.5 Å². The molecular weight excluding hydrogens is 286 g/mol. The van der Waals surface area contributed by atoms with E-state index in [2.05, 4.69) is 27.3 Å². The average Bonchev–Trinajstić information content (AvgIpc) is 3.31. The molecule has 2 aliphatic carbocycles. The van der Waals surface area contributed by atoms with E-state index in [0.717, 1.165) is 42.7 Å². The van der Waals surface area contributed by atoms with Crippen LogP contribution in [0.4, 0.5) is 5.82 Å². The number of amides is 1. The van der Waals surface area contributed by atoms with Gasteiger partial charge in [0, 0.05) is 32.3 Å². The third-order valence-corrected chi connectivity index (χ3v) is 6.06. The van der Waals surface area contributed by atoms with Crippen molar-refractivity contribution in [2.75, 3.05) is 18.0 Å². The van der Waals surface area contributed by atoms with Gasteiger partial charge in [-0.15, -0.1) is 0 Å². The van der Waals surface area contributed by atoms with E-state index in [1.807, 2.05) is 6.20 Å². The molecule has 23 heavy (non-hydrogen) atoms. The van der Waals surface area contributed by atoms with E-state index in [9.17, 15) is 4.79 Å². The van der Waals surface area contributed by atoms with E-state index in [1.165, 1.54) is 38.5 Å². The first-order valence-electron chi connectivity index (χ1n) is 9.24. The number of hydrogen-bond acceptors (Lipinski definition) is 3. The average molecular weight is 313 g/mol. The van der Waals surface area contributed by atoms with Crippen LogP contribution in [-0.4, -0.2) is 24.0 Å². The molecule has 4 nitrogen and oxygen atoms in total. The van der Waals surface area contributed by atoms with Crippen molar-refractivity contribution in [3.8, 4) is 0 Å². The summed E-state index contributed by atoms with van der Waals surface area (Å²) in [5.74, 6) is 3.67. The highest BCUT2D eigenvalue weighted by Crippen LogP contribution is 2.49. The van der Waals surface area contributed by atoms with Crippen LogP contribution in [0.1, 0.15) is 50.5 Å². The van der Waals surface area contributed by atoms with Gasteiger partial charge in [0.25, 0.3) is 0 Å². The van der Waals surface area contributed by atoms with E-state index in [0.29, 0.717) is 12.5 Å². The largest absolute Gasteiger partial charge is 0.357 e. The second kappa shape index (κ2) is 6.50. The molecule has 3 aliphatic rings. The number of anilines is 1. The van der Waals surface area contributed by atoms with E-state index in [1.54, 1.807) is 0 Å². The molecule has 1 aromatic rings. The highest BCUT2D eigenvalue weighted by Gasteiger charge is 2.39. The molecular formula is C19H27N3O. The molecule has 1 aliphatic heterocycles. The lowest BCUT2D eigenvalue weighted by atomic mass is 9.86. The van der Waals surface area contributed by atoms with E-state index < -0.39 is 0 Å². The van der Waals surface area contributed by atoms with Gasteiger partial charge < -0.3 is 10.2 Å². The number of carbonyl (C=O) groups is 1. The fourth-order valence-electron chi connectivity index (χ4n) is 4.79. The van der Waals surface area contributed by atoms with Crippen molar-refractivity contribution in [2.45, 2.75) is 51.5 Å². The number of nitrogens with one attached hydrogen (secondary N) is 1. The van der Waals surface area contributed by atoms with Gasteiger partial charge in [0.15, 0.2) is 0 Å². The number of nitrogens with zero attached hydrogens (tertiary/aromatic N) is 2. The van der Waals surface area contributed by atoms with Crippen LogP contribution in [-0.2, 0) is 11.3 Å². The smallest absolute Gasteiger partial charge is 0.220 e. The quantitative estimate of drug-likeness (QED) is 0.908. The summed E-state index contributed by atoms with van der Waals surface area (Å²) in [6.07, 6.45) is 10.6. The van der Waals surface area contributed by atoms with Crippen molar-refractivity contribution in [3.05, 3.63) is 23.9 Å². The van der Waals surface area contributed by atoms with Gasteiger partial charge in [-0.05, 0) is 61.5 Å². The Morgan fingerprint density at radius 1 is 1.22 bits per heavy atom. The van der Waals surface area contributed by atoms with Gasteiger partial charge in [-0.3, -0.25) is 4.79 Å². The normalized spacial score (nSPS) is 29.2. The Morgan fingerprint density at radius 3 is 2.74 bits per heavy atom. The van der Waals surface area contributed by atoms with Crippen molar-refractivity contribution >= 4 is 11.7 Å².